The van der Waals surface area contributed by atoms with Crippen LogP contribution in [0.25, 0.3) is 0 Å². The van der Waals surface area contributed by atoms with Crippen LogP contribution in [0.3, 0.4) is 0 Å². The Morgan fingerprint density at radius 1 is 0.935 bits per heavy atom. The van der Waals surface area contributed by atoms with Gasteiger partial charge in [-0.15, -0.1) is 0 Å². The molecule has 2 aromatic rings. The molecular formula is C21H19Cl2N3O5. The number of anilines is 1. The van der Waals surface area contributed by atoms with Gasteiger partial charge < -0.3 is 20.7 Å². The number of ether oxygens (including phenoxy) is 1. The summed E-state index contributed by atoms with van der Waals surface area (Å²) in [6, 6.07) is 11.0. The summed E-state index contributed by atoms with van der Waals surface area (Å²) in [5.74, 6) is -2.12. The first-order chi connectivity index (χ1) is 14.8. The van der Waals surface area contributed by atoms with E-state index < -0.39 is 30.9 Å². The van der Waals surface area contributed by atoms with E-state index in [1.54, 1.807) is 18.2 Å². The zero-order valence-corrected chi connectivity index (χ0v) is 17.8. The van der Waals surface area contributed by atoms with Crippen molar-refractivity contribution in [3.63, 3.8) is 0 Å². The fourth-order valence-corrected chi connectivity index (χ4v) is 2.82. The molecule has 0 bridgehead atoms. The van der Waals surface area contributed by atoms with E-state index in [0.717, 1.165) is 12.8 Å². The van der Waals surface area contributed by atoms with Gasteiger partial charge in [-0.3, -0.25) is 19.2 Å². The largest absolute Gasteiger partial charge is 0.454 e. The SMILES string of the molecule is O=C(COC(=O)CNC(=O)c1ccc(Cl)c(Cl)c1)Nc1cccc(C(=O)NC2CC2)c1. The molecule has 3 rings (SSSR count). The molecule has 0 radical (unpaired) electrons. The fourth-order valence-electron chi connectivity index (χ4n) is 2.52. The minimum absolute atomic E-state index is 0.206. The molecular weight excluding hydrogens is 445 g/mol. The summed E-state index contributed by atoms with van der Waals surface area (Å²) >= 11 is 11.6. The van der Waals surface area contributed by atoms with Gasteiger partial charge >= 0.3 is 5.97 Å². The summed E-state index contributed by atoms with van der Waals surface area (Å²) in [7, 11) is 0. The number of esters is 1. The van der Waals surface area contributed by atoms with Crippen molar-refractivity contribution < 1.29 is 23.9 Å². The van der Waals surface area contributed by atoms with Gasteiger partial charge in [-0.05, 0) is 49.2 Å². The first kappa shape index (κ1) is 22.6. The van der Waals surface area contributed by atoms with E-state index in [9.17, 15) is 19.2 Å². The summed E-state index contributed by atoms with van der Waals surface area (Å²) in [4.78, 5) is 47.9. The third kappa shape index (κ3) is 6.97. The maximum Gasteiger partial charge on any atom is 0.325 e. The van der Waals surface area contributed by atoms with E-state index in [1.165, 1.54) is 24.3 Å². The van der Waals surface area contributed by atoms with E-state index in [1.807, 2.05) is 0 Å². The minimum Gasteiger partial charge on any atom is -0.454 e. The van der Waals surface area contributed by atoms with E-state index in [4.69, 9.17) is 27.9 Å². The van der Waals surface area contributed by atoms with Gasteiger partial charge in [0.1, 0.15) is 6.54 Å². The van der Waals surface area contributed by atoms with Crippen LogP contribution in [0.5, 0.6) is 0 Å². The number of rotatable bonds is 8. The van der Waals surface area contributed by atoms with Crippen LogP contribution in [0.2, 0.25) is 10.0 Å². The number of amides is 3. The molecule has 0 aliphatic heterocycles. The van der Waals surface area contributed by atoms with E-state index >= 15 is 0 Å². The second kappa shape index (κ2) is 10.3. The first-order valence-electron chi connectivity index (χ1n) is 9.41. The van der Waals surface area contributed by atoms with Gasteiger partial charge in [-0.2, -0.15) is 0 Å². The Hall–Kier alpha value is -3.10. The van der Waals surface area contributed by atoms with Crippen LogP contribution in [0.15, 0.2) is 42.5 Å². The van der Waals surface area contributed by atoms with E-state index in [-0.39, 0.29) is 22.5 Å². The molecule has 31 heavy (non-hydrogen) atoms. The Morgan fingerprint density at radius 2 is 1.68 bits per heavy atom. The molecule has 1 fully saturated rings. The minimum atomic E-state index is -0.791. The summed E-state index contributed by atoms with van der Waals surface area (Å²) in [5, 5.41) is 8.30. The third-order valence-electron chi connectivity index (χ3n) is 4.26. The molecule has 8 nitrogen and oxygen atoms in total. The second-order valence-electron chi connectivity index (χ2n) is 6.85. The highest BCUT2D eigenvalue weighted by Crippen LogP contribution is 2.22. The molecule has 0 saturated heterocycles. The van der Waals surface area contributed by atoms with Crippen LogP contribution in [0, 0.1) is 0 Å². The van der Waals surface area contributed by atoms with Gasteiger partial charge in [0.05, 0.1) is 10.0 Å². The summed E-state index contributed by atoms with van der Waals surface area (Å²) in [5.41, 5.74) is 1.05. The van der Waals surface area contributed by atoms with Crippen LogP contribution in [-0.4, -0.2) is 42.9 Å². The number of carbonyl (C=O) groups is 4. The van der Waals surface area contributed by atoms with Gasteiger partial charge in [0, 0.05) is 22.9 Å². The molecule has 0 unspecified atom stereocenters. The summed E-state index contributed by atoms with van der Waals surface area (Å²) in [6.45, 7) is -0.969. The number of nitrogens with one attached hydrogen (secondary N) is 3. The van der Waals surface area contributed by atoms with Crippen LogP contribution in [0.1, 0.15) is 33.6 Å². The van der Waals surface area contributed by atoms with Crippen molar-refractivity contribution in [2.45, 2.75) is 18.9 Å². The highest BCUT2D eigenvalue weighted by atomic mass is 35.5. The zero-order valence-electron chi connectivity index (χ0n) is 16.2. The Balaban J connectivity index is 1.41. The fraction of sp³-hybridized carbons (Fsp3) is 0.238. The number of benzene rings is 2. The highest BCUT2D eigenvalue weighted by Gasteiger charge is 2.23. The normalized spacial score (nSPS) is 12.6. The van der Waals surface area contributed by atoms with Gasteiger partial charge in [0.25, 0.3) is 17.7 Å². The van der Waals surface area contributed by atoms with Crippen molar-refractivity contribution in [3.05, 3.63) is 63.6 Å². The van der Waals surface area contributed by atoms with Crippen molar-refractivity contribution in [2.75, 3.05) is 18.5 Å². The molecule has 162 valence electrons. The Labute approximate surface area is 188 Å². The van der Waals surface area contributed by atoms with Gasteiger partial charge in [-0.25, -0.2) is 0 Å². The predicted octanol–water partition coefficient (Wildman–Crippen LogP) is 2.80. The van der Waals surface area contributed by atoms with Gasteiger partial charge in [-0.1, -0.05) is 29.3 Å². The molecule has 1 aliphatic carbocycles. The number of hydrogen-bond acceptors (Lipinski definition) is 5. The lowest BCUT2D eigenvalue weighted by atomic mass is 10.2. The molecule has 2 aromatic carbocycles. The van der Waals surface area contributed by atoms with Gasteiger partial charge in [0.2, 0.25) is 0 Å². The number of halogens is 2. The Morgan fingerprint density at radius 3 is 2.39 bits per heavy atom. The number of carbonyl (C=O) groups excluding carboxylic acids is 4. The first-order valence-corrected chi connectivity index (χ1v) is 10.2. The molecule has 3 amide bonds. The molecule has 0 atom stereocenters. The second-order valence-corrected chi connectivity index (χ2v) is 7.66. The quantitative estimate of drug-likeness (QED) is 0.520. The molecule has 0 heterocycles. The summed E-state index contributed by atoms with van der Waals surface area (Å²) in [6.07, 6.45) is 1.95. The third-order valence-corrected chi connectivity index (χ3v) is 5.00. The van der Waals surface area contributed by atoms with E-state index in [0.29, 0.717) is 16.3 Å². The standard InChI is InChI=1S/C21H19Cl2N3O5/c22-16-7-4-13(9-17(16)23)20(29)24-10-19(28)31-11-18(27)25-15-3-1-2-12(8-15)21(30)26-14-5-6-14/h1-4,7-9,14H,5-6,10-11H2,(H,24,29)(H,25,27)(H,26,30). The molecule has 10 heteroatoms. The Bertz CT molecular complexity index is 1020. The van der Waals surface area contributed by atoms with Crippen LogP contribution >= 0.6 is 23.2 Å². The van der Waals surface area contributed by atoms with E-state index in [2.05, 4.69) is 16.0 Å². The topological polar surface area (TPSA) is 114 Å². The van der Waals surface area contributed by atoms with Gasteiger partial charge in [0.15, 0.2) is 6.61 Å². The molecule has 3 N–H and O–H groups in total. The lowest BCUT2D eigenvalue weighted by Crippen LogP contribution is -2.32. The Kier molecular flexibility index (Phi) is 7.49. The molecule has 1 saturated carbocycles. The molecule has 0 spiro atoms. The monoisotopic (exact) mass is 463 g/mol. The van der Waals surface area contributed by atoms with Crippen molar-refractivity contribution in [2.24, 2.45) is 0 Å². The maximum atomic E-state index is 12.1. The van der Waals surface area contributed by atoms with Crippen molar-refractivity contribution in [1.29, 1.82) is 0 Å². The number of hydrogen-bond donors (Lipinski definition) is 3. The highest BCUT2D eigenvalue weighted by molar-refractivity contribution is 6.42. The average Bonchev–Trinajstić information content (AvgIpc) is 3.56. The average molecular weight is 464 g/mol. The molecule has 0 aromatic heterocycles. The smallest absolute Gasteiger partial charge is 0.325 e. The van der Waals surface area contributed by atoms with Crippen LogP contribution < -0.4 is 16.0 Å². The lowest BCUT2D eigenvalue weighted by molar-refractivity contribution is -0.146. The van der Waals surface area contributed by atoms with Crippen molar-refractivity contribution in [3.8, 4) is 0 Å². The van der Waals surface area contributed by atoms with Crippen molar-refractivity contribution >= 4 is 52.6 Å². The van der Waals surface area contributed by atoms with Crippen LogP contribution in [0.4, 0.5) is 5.69 Å². The van der Waals surface area contributed by atoms with Crippen LogP contribution in [-0.2, 0) is 14.3 Å². The zero-order chi connectivity index (χ0) is 22.4. The summed E-state index contributed by atoms with van der Waals surface area (Å²) < 4.78 is 4.85. The van der Waals surface area contributed by atoms with Crippen molar-refractivity contribution in [1.82, 2.24) is 10.6 Å². The molecule has 1 aliphatic rings. The maximum absolute atomic E-state index is 12.1. The lowest BCUT2D eigenvalue weighted by Gasteiger charge is -2.09. The predicted molar refractivity (Wildman–Crippen MR) is 115 cm³/mol.